The summed E-state index contributed by atoms with van der Waals surface area (Å²) in [5.41, 5.74) is 6.09. The van der Waals surface area contributed by atoms with Gasteiger partial charge in [-0.15, -0.1) is 0 Å². The van der Waals surface area contributed by atoms with Gasteiger partial charge < -0.3 is 9.47 Å². The zero-order chi connectivity index (χ0) is 29.6. The van der Waals surface area contributed by atoms with Gasteiger partial charge in [-0.2, -0.15) is 0 Å². The van der Waals surface area contributed by atoms with Crippen LogP contribution in [0.15, 0.2) is 132 Å². The molecule has 0 bridgehead atoms. The number of carbonyl (C=O) groups excluding carboxylic acids is 2. The third kappa shape index (κ3) is 6.36. The Morgan fingerprint density at radius 1 is 0.791 bits per heavy atom. The molecule has 1 aliphatic carbocycles. The van der Waals surface area contributed by atoms with Crippen molar-refractivity contribution in [2.45, 2.75) is 44.6 Å². The van der Waals surface area contributed by atoms with Gasteiger partial charge in [-0.3, -0.25) is 14.6 Å². The minimum absolute atomic E-state index is 0.0244. The molecular formula is C38H35NO4. The van der Waals surface area contributed by atoms with E-state index in [-0.39, 0.29) is 24.3 Å². The summed E-state index contributed by atoms with van der Waals surface area (Å²) < 4.78 is 12.2. The third-order valence-corrected chi connectivity index (χ3v) is 8.38. The van der Waals surface area contributed by atoms with Crippen LogP contribution in [0.25, 0.3) is 0 Å². The Balaban J connectivity index is 1.35. The van der Waals surface area contributed by atoms with Gasteiger partial charge in [-0.05, 0) is 42.0 Å². The number of carbonyl (C=O) groups is 2. The number of hydrogen-bond donors (Lipinski definition) is 0. The molecule has 6 rings (SSSR count). The van der Waals surface area contributed by atoms with E-state index >= 15 is 0 Å². The molecule has 4 aromatic rings. The lowest BCUT2D eigenvalue weighted by Gasteiger charge is -2.37. The number of para-hydroxylation sites is 1. The largest absolute Gasteiger partial charge is 0.489 e. The molecule has 1 heterocycles. The topological polar surface area (TPSA) is 65.0 Å². The molecule has 5 nitrogen and oxygen atoms in total. The van der Waals surface area contributed by atoms with Crippen molar-refractivity contribution in [2.24, 2.45) is 10.9 Å². The minimum Gasteiger partial charge on any atom is -0.489 e. The van der Waals surface area contributed by atoms with Crippen molar-refractivity contribution in [1.82, 2.24) is 0 Å². The number of aliphatic imine (C=N–C) groups is 1. The molecule has 0 radical (unpaired) electrons. The fraction of sp³-hybridized carbons (Fsp3) is 0.237. The van der Waals surface area contributed by atoms with E-state index < -0.39 is 11.8 Å². The number of allylic oxidation sites excluding steroid dienone is 2. The number of ketones is 1. The average molecular weight is 570 g/mol. The molecule has 1 unspecified atom stereocenters. The van der Waals surface area contributed by atoms with Crippen LogP contribution in [-0.4, -0.2) is 24.1 Å². The van der Waals surface area contributed by atoms with Crippen molar-refractivity contribution < 1.29 is 19.1 Å². The lowest BCUT2D eigenvalue weighted by atomic mass is 9.69. The molecule has 0 aromatic heterocycles. The molecule has 0 fully saturated rings. The second-order valence-corrected chi connectivity index (χ2v) is 11.2. The first kappa shape index (κ1) is 28.4. The standard InChI is InChI=1S/C38H35NO4/c1-26-35(38(41)42-22-21-27-13-5-2-6-14-27)36(31-19-11-12-20-34(31)43-25-28-15-7-3-8-16-28)37-32(39-26)23-30(24-33(37)40)29-17-9-4-10-18-29/h2-20,30,35-36H,21-25H2,1H3/t30-,35?,36-/m1/s1. The SMILES string of the molecule is CC1=NC2=C(C(=O)C[C@H](c3ccccc3)C2)[C@H](c2ccccc2OCc2ccccc2)C1C(=O)OCCc1ccccc1. The first-order chi connectivity index (χ1) is 21.1. The molecule has 4 aromatic carbocycles. The van der Waals surface area contributed by atoms with Gasteiger partial charge in [0.1, 0.15) is 18.3 Å². The van der Waals surface area contributed by atoms with Crippen molar-refractivity contribution in [1.29, 1.82) is 0 Å². The van der Waals surface area contributed by atoms with Gasteiger partial charge >= 0.3 is 5.97 Å². The number of hydrogen-bond acceptors (Lipinski definition) is 5. The van der Waals surface area contributed by atoms with E-state index in [0.717, 1.165) is 28.0 Å². The highest BCUT2D eigenvalue weighted by atomic mass is 16.5. The van der Waals surface area contributed by atoms with Crippen molar-refractivity contribution in [3.8, 4) is 5.75 Å². The summed E-state index contributed by atoms with van der Waals surface area (Å²) in [6.45, 7) is 2.51. The number of benzene rings is 4. The average Bonchev–Trinajstić information content (AvgIpc) is 3.04. The number of Topliss-reactive ketones (excluding diaryl/α,β-unsaturated/α-hetero) is 1. The Morgan fingerprint density at radius 3 is 2.14 bits per heavy atom. The smallest absolute Gasteiger partial charge is 0.315 e. The fourth-order valence-corrected chi connectivity index (χ4v) is 6.27. The Hall–Kier alpha value is -4.77. The van der Waals surface area contributed by atoms with Gasteiger partial charge in [0.05, 0.1) is 6.61 Å². The molecule has 1 aliphatic heterocycles. The molecule has 0 saturated heterocycles. The van der Waals surface area contributed by atoms with Crippen molar-refractivity contribution in [3.63, 3.8) is 0 Å². The molecule has 216 valence electrons. The molecule has 0 amide bonds. The zero-order valence-electron chi connectivity index (χ0n) is 24.3. The minimum atomic E-state index is -0.728. The van der Waals surface area contributed by atoms with Crippen LogP contribution in [-0.2, 0) is 27.4 Å². The number of esters is 1. The van der Waals surface area contributed by atoms with Crippen LogP contribution < -0.4 is 4.74 Å². The van der Waals surface area contributed by atoms with E-state index in [1.54, 1.807) is 0 Å². The molecule has 2 aliphatic rings. The van der Waals surface area contributed by atoms with Gasteiger partial charge in [-0.1, -0.05) is 109 Å². The summed E-state index contributed by atoms with van der Waals surface area (Å²) >= 11 is 0. The van der Waals surface area contributed by atoms with Crippen LogP contribution in [0.1, 0.15) is 53.9 Å². The molecule has 43 heavy (non-hydrogen) atoms. The predicted molar refractivity (Wildman–Crippen MR) is 168 cm³/mol. The fourth-order valence-electron chi connectivity index (χ4n) is 6.27. The lowest BCUT2D eigenvalue weighted by Crippen LogP contribution is -2.38. The van der Waals surface area contributed by atoms with Gasteiger partial charge in [-0.25, -0.2) is 0 Å². The van der Waals surface area contributed by atoms with Crippen LogP contribution in [0.2, 0.25) is 0 Å². The van der Waals surface area contributed by atoms with Gasteiger partial charge in [0.25, 0.3) is 0 Å². The van der Waals surface area contributed by atoms with Crippen molar-refractivity contribution in [2.75, 3.05) is 6.61 Å². The maximum atomic E-state index is 14.0. The van der Waals surface area contributed by atoms with E-state index in [9.17, 15) is 9.59 Å². The molecular weight excluding hydrogens is 534 g/mol. The van der Waals surface area contributed by atoms with Gasteiger partial charge in [0, 0.05) is 41.3 Å². The molecule has 5 heteroatoms. The maximum Gasteiger partial charge on any atom is 0.315 e. The number of rotatable bonds is 9. The van der Waals surface area contributed by atoms with E-state index in [4.69, 9.17) is 14.5 Å². The second-order valence-electron chi connectivity index (χ2n) is 11.2. The van der Waals surface area contributed by atoms with E-state index in [1.807, 2.05) is 110 Å². The van der Waals surface area contributed by atoms with E-state index in [0.29, 0.717) is 42.9 Å². The van der Waals surface area contributed by atoms with Crippen molar-refractivity contribution >= 4 is 17.5 Å². The Bertz CT molecular complexity index is 1640. The monoisotopic (exact) mass is 569 g/mol. The first-order valence-electron chi connectivity index (χ1n) is 14.9. The molecule has 0 saturated carbocycles. The summed E-state index contributed by atoms with van der Waals surface area (Å²) in [5, 5.41) is 0. The molecule has 3 atom stereocenters. The van der Waals surface area contributed by atoms with Crippen LogP contribution in [0, 0.1) is 5.92 Å². The molecule has 0 spiro atoms. The highest BCUT2D eigenvalue weighted by molar-refractivity contribution is 6.09. The molecule has 0 N–H and O–H groups in total. The van der Waals surface area contributed by atoms with Gasteiger partial charge in [0.15, 0.2) is 5.78 Å². The maximum absolute atomic E-state index is 14.0. The van der Waals surface area contributed by atoms with E-state index in [2.05, 4.69) is 12.1 Å². The van der Waals surface area contributed by atoms with E-state index in [1.165, 1.54) is 0 Å². The number of nitrogens with zero attached hydrogens (tertiary/aromatic N) is 1. The Kier molecular flexibility index (Phi) is 8.60. The van der Waals surface area contributed by atoms with Crippen molar-refractivity contribution in [3.05, 3.63) is 149 Å². The first-order valence-corrected chi connectivity index (χ1v) is 14.9. The van der Waals surface area contributed by atoms with Crippen LogP contribution in [0.5, 0.6) is 5.75 Å². The number of ether oxygens (including phenoxy) is 2. The predicted octanol–water partition coefficient (Wildman–Crippen LogP) is 7.63. The summed E-state index contributed by atoms with van der Waals surface area (Å²) in [4.78, 5) is 32.8. The third-order valence-electron chi connectivity index (χ3n) is 8.38. The summed E-state index contributed by atoms with van der Waals surface area (Å²) in [6.07, 6.45) is 1.63. The Labute approximate surface area is 252 Å². The normalized spacial score (nSPS) is 19.8. The highest BCUT2D eigenvalue weighted by Crippen LogP contribution is 2.48. The lowest BCUT2D eigenvalue weighted by molar-refractivity contribution is -0.146. The quantitative estimate of drug-likeness (QED) is 0.195. The summed E-state index contributed by atoms with van der Waals surface area (Å²) in [6, 6.07) is 37.8. The highest BCUT2D eigenvalue weighted by Gasteiger charge is 2.45. The summed E-state index contributed by atoms with van der Waals surface area (Å²) in [5.74, 6) is -0.927. The second kappa shape index (κ2) is 13.0. The summed E-state index contributed by atoms with van der Waals surface area (Å²) in [7, 11) is 0. The van der Waals surface area contributed by atoms with Crippen LogP contribution in [0.4, 0.5) is 0 Å². The Morgan fingerprint density at radius 2 is 1.42 bits per heavy atom. The van der Waals surface area contributed by atoms with Crippen LogP contribution in [0.3, 0.4) is 0 Å². The van der Waals surface area contributed by atoms with Crippen LogP contribution >= 0.6 is 0 Å². The zero-order valence-corrected chi connectivity index (χ0v) is 24.3. The van der Waals surface area contributed by atoms with Gasteiger partial charge in [0.2, 0.25) is 0 Å².